The Morgan fingerprint density at radius 3 is 2.84 bits per heavy atom. The Bertz CT molecular complexity index is 1720. The lowest BCUT2D eigenvalue weighted by atomic mass is 9.92. The average Bonchev–Trinajstić information content (AvgIpc) is 3.41. The highest BCUT2D eigenvalue weighted by molar-refractivity contribution is 6.31. The van der Waals surface area contributed by atoms with Gasteiger partial charge in [-0.05, 0) is 86.9 Å². The van der Waals surface area contributed by atoms with Crippen LogP contribution in [0.5, 0.6) is 0 Å². The van der Waals surface area contributed by atoms with Crippen molar-refractivity contribution in [1.82, 2.24) is 25.2 Å². The van der Waals surface area contributed by atoms with Gasteiger partial charge in [-0.1, -0.05) is 30.2 Å². The first-order valence-electron chi connectivity index (χ1n) is 15.1. The van der Waals surface area contributed by atoms with Crippen LogP contribution in [0.1, 0.15) is 69.0 Å². The molecule has 5 rings (SSSR count). The minimum atomic E-state index is -0.548. The summed E-state index contributed by atoms with van der Waals surface area (Å²) in [5.41, 5.74) is 9.37. The minimum Gasteiger partial charge on any atom is -0.374 e. The van der Waals surface area contributed by atoms with Crippen LogP contribution in [-0.4, -0.2) is 39.0 Å². The lowest BCUT2D eigenvalue weighted by Crippen LogP contribution is -2.39. The standard InChI is InChI=1S/C33H38ClFN8O/c1-20(37)39-15-13-25-6-3-7-29(40-25)22-8-10-26(11-9-22)43-19-23-18-30(41-32(23)42-33(43)44)27-16-21(17-28(34)31(27)35)4-2-5-24(38)12-14-36/h8-11,16-19,24-25,29,40H,2-7,12-13,15,38H2,1H3,(H2,37,39)(H,41,42,44)/t24-,25+,29+/m1/s1. The van der Waals surface area contributed by atoms with Crippen LogP contribution in [0.3, 0.4) is 0 Å². The number of hydrogen-bond donors (Lipinski definition) is 5. The van der Waals surface area contributed by atoms with Crippen LogP contribution in [0, 0.1) is 22.6 Å². The average molecular weight is 617 g/mol. The van der Waals surface area contributed by atoms with Crippen LogP contribution in [0.4, 0.5) is 4.39 Å². The molecular weight excluding hydrogens is 579 g/mol. The van der Waals surface area contributed by atoms with Gasteiger partial charge in [0.25, 0.3) is 0 Å². The maximum Gasteiger partial charge on any atom is 0.354 e. The van der Waals surface area contributed by atoms with Crippen molar-refractivity contribution in [2.45, 2.75) is 76.4 Å². The van der Waals surface area contributed by atoms with E-state index in [0.29, 0.717) is 59.1 Å². The van der Waals surface area contributed by atoms with E-state index in [1.165, 1.54) is 10.1 Å². The van der Waals surface area contributed by atoms with Gasteiger partial charge in [-0.3, -0.25) is 9.98 Å². The van der Waals surface area contributed by atoms with Crippen molar-refractivity contribution < 1.29 is 4.39 Å². The molecule has 0 radical (unpaired) electrons. The molecule has 0 unspecified atom stereocenters. The third-order valence-electron chi connectivity index (χ3n) is 8.22. The summed E-state index contributed by atoms with van der Waals surface area (Å²) in [4.78, 5) is 20.4. The largest absolute Gasteiger partial charge is 0.374 e. The Morgan fingerprint density at radius 1 is 1.30 bits per heavy atom. The maximum atomic E-state index is 15.2. The van der Waals surface area contributed by atoms with Crippen LogP contribution in [0.25, 0.3) is 28.0 Å². The van der Waals surface area contributed by atoms with Crippen LogP contribution in [0.15, 0.2) is 53.5 Å². The second kappa shape index (κ2) is 14.2. The van der Waals surface area contributed by atoms with Crippen molar-refractivity contribution in [2.24, 2.45) is 5.73 Å². The molecule has 9 nitrogen and oxygen atoms in total. The molecule has 44 heavy (non-hydrogen) atoms. The molecule has 3 atom stereocenters. The lowest BCUT2D eigenvalue weighted by Gasteiger charge is -2.31. The maximum absolute atomic E-state index is 15.2. The molecule has 0 aliphatic carbocycles. The summed E-state index contributed by atoms with van der Waals surface area (Å²) < 4.78 is 16.7. The number of fused-ring (bicyclic) bond motifs is 1. The molecule has 11 heteroatoms. The van der Waals surface area contributed by atoms with Gasteiger partial charge in [-0.25, -0.2) is 9.18 Å². The number of aromatic amines is 1. The molecule has 3 heterocycles. The van der Waals surface area contributed by atoms with Crippen molar-refractivity contribution in [3.63, 3.8) is 0 Å². The number of halogens is 2. The molecule has 6 N–H and O–H groups in total. The Hall–Kier alpha value is -4.04. The predicted molar refractivity (Wildman–Crippen MR) is 173 cm³/mol. The lowest BCUT2D eigenvalue weighted by molar-refractivity contribution is 0.312. The number of amidine groups is 1. The SMILES string of the molecule is CC(=N)NCC[C@@H]1CCC[C@@H](c2ccc(-n3cc4cc(-c5cc(CCC[C@@H](N)CC#N)cc(Cl)c5F)[nH]c4nc3=O)cc2)N1. The van der Waals surface area contributed by atoms with Crippen molar-refractivity contribution in [2.75, 3.05) is 6.54 Å². The Labute approximate surface area is 261 Å². The quantitative estimate of drug-likeness (QED) is 0.105. The topological polar surface area (TPSA) is 148 Å². The summed E-state index contributed by atoms with van der Waals surface area (Å²) in [5, 5.41) is 23.9. The molecule has 0 bridgehead atoms. The van der Waals surface area contributed by atoms with Crippen molar-refractivity contribution in [3.8, 4) is 23.0 Å². The number of nitriles is 1. The van der Waals surface area contributed by atoms with Gasteiger partial charge in [0.1, 0.15) is 5.65 Å². The number of nitrogens with two attached hydrogens (primary N) is 1. The molecule has 4 aromatic rings. The van der Waals surface area contributed by atoms with E-state index in [-0.39, 0.29) is 17.1 Å². The number of nitrogens with one attached hydrogen (secondary N) is 4. The number of piperidine rings is 1. The van der Waals surface area contributed by atoms with Gasteiger partial charge in [0.05, 0.1) is 34.7 Å². The van der Waals surface area contributed by atoms with Gasteiger partial charge in [-0.2, -0.15) is 10.2 Å². The number of H-pyrrole nitrogens is 1. The number of rotatable bonds is 11. The zero-order chi connectivity index (χ0) is 31.2. The Balaban J connectivity index is 1.33. The van der Waals surface area contributed by atoms with Crippen molar-refractivity contribution in [3.05, 3.63) is 81.1 Å². The van der Waals surface area contributed by atoms with Crippen LogP contribution in [0.2, 0.25) is 5.02 Å². The second-order valence-corrected chi connectivity index (χ2v) is 12.0. The molecule has 0 spiro atoms. The van der Waals surface area contributed by atoms with Crippen molar-refractivity contribution >= 4 is 28.5 Å². The van der Waals surface area contributed by atoms with E-state index >= 15 is 4.39 Å². The molecule has 0 saturated carbocycles. The molecule has 1 saturated heterocycles. The highest BCUT2D eigenvalue weighted by Gasteiger charge is 2.22. The normalized spacial score (nSPS) is 17.3. The van der Waals surface area contributed by atoms with Gasteiger partial charge in [0, 0.05) is 41.8 Å². The highest BCUT2D eigenvalue weighted by atomic mass is 35.5. The molecule has 2 aromatic heterocycles. The predicted octanol–water partition coefficient (Wildman–Crippen LogP) is 5.90. The van der Waals surface area contributed by atoms with Crippen molar-refractivity contribution in [1.29, 1.82) is 10.7 Å². The molecule has 230 valence electrons. The van der Waals surface area contributed by atoms with Gasteiger partial charge in [-0.15, -0.1) is 0 Å². The number of hydrogen-bond acceptors (Lipinski definition) is 6. The summed E-state index contributed by atoms with van der Waals surface area (Å²) in [6, 6.07) is 15.6. The molecule has 1 aliphatic rings. The first kappa shape index (κ1) is 31.4. The summed E-state index contributed by atoms with van der Waals surface area (Å²) in [7, 11) is 0. The van der Waals surface area contributed by atoms with E-state index in [1.54, 1.807) is 31.3 Å². The van der Waals surface area contributed by atoms with E-state index in [4.69, 9.17) is 28.0 Å². The third-order valence-corrected chi connectivity index (χ3v) is 8.49. The summed E-state index contributed by atoms with van der Waals surface area (Å²) in [6.07, 6.45) is 8.34. The van der Waals surface area contributed by atoms with Gasteiger partial charge < -0.3 is 21.4 Å². The fourth-order valence-corrected chi connectivity index (χ4v) is 6.15. The first-order valence-corrected chi connectivity index (χ1v) is 15.5. The zero-order valence-electron chi connectivity index (χ0n) is 24.8. The number of nitrogens with zero attached hydrogens (tertiary/aromatic N) is 3. The molecule has 0 amide bonds. The number of aromatic nitrogens is 3. The van der Waals surface area contributed by atoms with E-state index in [9.17, 15) is 4.79 Å². The van der Waals surface area contributed by atoms with Gasteiger partial charge in [0.2, 0.25) is 0 Å². The Kier molecular flexibility index (Phi) is 10.1. The third kappa shape index (κ3) is 7.53. The Morgan fingerprint density at radius 2 is 2.09 bits per heavy atom. The van der Waals surface area contributed by atoms with Crippen LogP contribution >= 0.6 is 11.6 Å². The van der Waals surface area contributed by atoms with E-state index in [2.05, 4.69) is 26.7 Å². The van der Waals surface area contributed by atoms with E-state index < -0.39 is 11.5 Å². The molecule has 2 aromatic carbocycles. The van der Waals surface area contributed by atoms with E-state index in [0.717, 1.165) is 44.2 Å². The zero-order valence-corrected chi connectivity index (χ0v) is 25.6. The fraction of sp³-hybridized carbons (Fsp3) is 0.394. The van der Waals surface area contributed by atoms with Crippen LogP contribution < -0.4 is 22.1 Å². The van der Waals surface area contributed by atoms with Crippen LogP contribution in [-0.2, 0) is 6.42 Å². The second-order valence-electron chi connectivity index (χ2n) is 11.6. The molecular formula is C33H38ClFN8O. The highest BCUT2D eigenvalue weighted by Crippen LogP contribution is 2.32. The van der Waals surface area contributed by atoms with Gasteiger partial charge in [0.15, 0.2) is 5.82 Å². The monoisotopic (exact) mass is 616 g/mol. The van der Waals surface area contributed by atoms with E-state index in [1.807, 2.05) is 24.3 Å². The fourth-order valence-electron chi connectivity index (χ4n) is 5.91. The van der Waals surface area contributed by atoms with Gasteiger partial charge >= 0.3 is 5.69 Å². The summed E-state index contributed by atoms with van der Waals surface area (Å²) >= 11 is 6.26. The number of aryl methyl sites for hydroxylation is 1. The summed E-state index contributed by atoms with van der Waals surface area (Å²) in [6.45, 7) is 2.53. The minimum absolute atomic E-state index is 0.0158. The first-order chi connectivity index (χ1) is 21.2. The summed E-state index contributed by atoms with van der Waals surface area (Å²) in [5.74, 6) is -0.0625. The molecule has 1 aliphatic heterocycles. The number of benzene rings is 2. The molecule has 1 fully saturated rings. The smallest absolute Gasteiger partial charge is 0.354 e.